The monoisotopic (exact) mass is 587 g/mol. The first-order valence-electron chi connectivity index (χ1n) is 15.4. The van der Waals surface area contributed by atoms with E-state index < -0.39 is 49.5 Å². The summed E-state index contributed by atoms with van der Waals surface area (Å²) in [6.45, 7) is 18.8. The molecule has 0 aromatic rings. The van der Waals surface area contributed by atoms with Crippen molar-refractivity contribution in [2.45, 2.75) is 150 Å². The molecule has 1 rings (SSSR count). The second-order valence-corrected chi connectivity index (χ2v) is 14.9. The molecular weight excluding hydrogens is 526 g/mol. The number of hydrogen-bond donors (Lipinski definition) is 6. The van der Waals surface area contributed by atoms with E-state index in [4.69, 9.17) is 9.47 Å². The maximum Gasteiger partial charge on any atom is 0.220 e. The van der Waals surface area contributed by atoms with Gasteiger partial charge in [0, 0.05) is 6.42 Å². The summed E-state index contributed by atoms with van der Waals surface area (Å²) >= 11 is 0. The van der Waals surface area contributed by atoms with Crippen molar-refractivity contribution >= 4 is 5.91 Å². The predicted octanol–water partition coefficient (Wildman–Crippen LogP) is 3.69. The Bertz CT molecular complexity index is 791. The van der Waals surface area contributed by atoms with Crippen LogP contribution in [0.5, 0.6) is 0 Å². The van der Waals surface area contributed by atoms with Gasteiger partial charge in [0.1, 0.15) is 24.4 Å². The zero-order valence-corrected chi connectivity index (χ0v) is 27.1. The fourth-order valence-electron chi connectivity index (χ4n) is 5.44. The summed E-state index contributed by atoms with van der Waals surface area (Å²) in [6, 6.07) is -0.848. The van der Waals surface area contributed by atoms with Gasteiger partial charge in [-0.2, -0.15) is 0 Å². The maximum atomic E-state index is 13.1. The number of nitrogens with one attached hydrogen (secondary N) is 1. The highest BCUT2D eigenvalue weighted by atomic mass is 16.7. The zero-order chi connectivity index (χ0) is 31.6. The average Bonchev–Trinajstić information content (AvgIpc) is 2.86. The van der Waals surface area contributed by atoms with Crippen molar-refractivity contribution in [2.75, 3.05) is 13.2 Å². The molecule has 0 aliphatic carbocycles. The third-order valence-corrected chi connectivity index (χ3v) is 8.05. The fourth-order valence-corrected chi connectivity index (χ4v) is 5.44. The van der Waals surface area contributed by atoms with E-state index in [1.165, 1.54) is 6.42 Å². The Morgan fingerprint density at radius 3 is 2.05 bits per heavy atom. The lowest BCUT2D eigenvalue weighted by molar-refractivity contribution is -0.302. The molecule has 6 N–H and O–H groups in total. The number of aliphatic hydroxyl groups is 5. The summed E-state index contributed by atoms with van der Waals surface area (Å²) in [4.78, 5) is 13.1. The Kier molecular flexibility index (Phi) is 15.5. The van der Waals surface area contributed by atoms with Gasteiger partial charge < -0.3 is 40.3 Å². The molecule has 0 saturated carbocycles. The number of aliphatic hydroxyl groups excluding tert-OH is 5. The Morgan fingerprint density at radius 1 is 0.927 bits per heavy atom. The van der Waals surface area contributed by atoms with Crippen LogP contribution in [-0.4, -0.2) is 87.5 Å². The highest BCUT2D eigenvalue weighted by Crippen LogP contribution is 2.36. The third kappa shape index (κ3) is 14.3. The molecule has 0 radical (unpaired) electrons. The van der Waals surface area contributed by atoms with E-state index in [1.807, 2.05) is 6.08 Å². The second-order valence-electron chi connectivity index (χ2n) is 14.9. The minimum Gasteiger partial charge on any atom is -0.394 e. The summed E-state index contributed by atoms with van der Waals surface area (Å²) in [5.74, 6) is -0.0198. The first-order chi connectivity index (χ1) is 18.8. The van der Waals surface area contributed by atoms with E-state index in [1.54, 1.807) is 6.08 Å². The molecule has 0 spiro atoms. The molecule has 1 aliphatic heterocycles. The van der Waals surface area contributed by atoms with E-state index in [0.717, 1.165) is 25.7 Å². The van der Waals surface area contributed by atoms with Gasteiger partial charge in [-0.15, -0.1) is 0 Å². The van der Waals surface area contributed by atoms with Gasteiger partial charge in [0.05, 0.1) is 25.4 Å². The standard InChI is InChI=1S/C32H61NO8/c1-10-14-31(6,7)16-17-32(8,9)15-13-25(36)33-22(23(35)12-11-21(2)18-30(3,4)5)20-40-29-28(39)27(38)26(37)24(19-34)41-29/h11-12,21-24,26-29,34-35,37-39H,10,13-20H2,1-9H3,(H,33,36)/b12-11+/t21?,22-,23-,24?,26?,27?,28?,29?/m1/s1. The Balaban J connectivity index is 2.90. The van der Waals surface area contributed by atoms with Crippen LogP contribution in [0.3, 0.4) is 0 Å². The van der Waals surface area contributed by atoms with Crippen LogP contribution in [0.4, 0.5) is 0 Å². The highest BCUT2D eigenvalue weighted by molar-refractivity contribution is 5.76. The van der Waals surface area contributed by atoms with Crippen molar-refractivity contribution < 1.29 is 39.8 Å². The van der Waals surface area contributed by atoms with Crippen molar-refractivity contribution in [3.63, 3.8) is 0 Å². The van der Waals surface area contributed by atoms with Gasteiger partial charge >= 0.3 is 0 Å². The quantitative estimate of drug-likeness (QED) is 0.141. The smallest absolute Gasteiger partial charge is 0.220 e. The van der Waals surface area contributed by atoms with E-state index in [2.05, 4.69) is 67.6 Å². The summed E-state index contributed by atoms with van der Waals surface area (Å²) in [5.41, 5.74) is 0.361. The molecule has 1 aliphatic rings. The van der Waals surface area contributed by atoms with Crippen LogP contribution in [0.1, 0.15) is 107 Å². The SMILES string of the molecule is CCCC(C)(C)CCC(C)(C)CCC(=O)N[C@H](COC1OC(CO)C(O)C(O)C1O)[C@H](O)/C=C/C(C)CC(C)(C)C. The Hall–Kier alpha value is -1.07. The molecule has 1 amide bonds. The lowest BCUT2D eigenvalue weighted by Gasteiger charge is -2.40. The Morgan fingerprint density at radius 2 is 1.51 bits per heavy atom. The van der Waals surface area contributed by atoms with E-state index in [0.29, 0.717) is 6.42 Å². The lowest BCUT2D eigenvalue weighted by Crippen LogP contribution is -2.60. The molecule has 8 atom stereocenters. The van der Waals surface area contributed by atoms with E-state index >= 15 is 0 Å². The first-order valence-corrected chi connectivity index (χ1v) is 15.4. The average molecular weight is 588 g/mol. The minimum absolute atomic E-state index is 0.0222. The lowest BCUT2D eigenvalue weighted by atomic mass is 9.75. The van der Waals surface area contributed by atoms with Crippen molar-refractivity contribution in [3.05, 3.63) is 12.2 Å². The normalized spacial score (nSPS) is 26.6. The van der Waals surface area contributed by atoms with Crippen LogP contribution < -0.4 is 5.32 Å². The number of carbonyl (C=O) groups excluding carboxylic acids is 1. The summed E-state index contributed by atoms with van der Waals surface area (Å²) in [5, 5.41) is 53.9. The van der Waals surface area contributed by atoms with Crippen LogP contribution >= 0.6 is 0 Å². The molecule has 0 aromatic heterocycles. The van der Waals surface area contributed by atoms with Gasteiger partial charge in [-0.3, -0.25) is 4.79 Å². The first kappa shape index (κ1) is 38.0. The molecule has 9 nitrogen and oxygen atoms in total. The van der Waals surface area contributed by atoms with Gasteiger partial charge in [0.25, 0.3) is 0 Å². The fraction of sp³-hybridized carbons (Fsp3) is 0.906. The molecule has 242 valence electrons. The van der Waals surface area contributed by atoms with Gasteiger partial charge in [0.15, 0.2) is 6.29 Å². The number of ether oxygens (including phenoxy) is 2. The number of rotatable bonds is 17. The van der Waals surface area contributed by atoms with Crippen molar-refractivity contribution in [1.29, 1.82) is 0 Å². The molecule has 0 bridgehead atoms. The van der Waals surface area contributed by atoms with Crippen molar-refractivity contribution in [3.8, 4) is 0 Å². The van der Waals surface area contributed by atoms with E-state index in [9.17, 15) is 30.3 Å². The molecule has 41 heavy (non-hydrogen) atoms. The minimum atomic E-state index is -1.58. The van der Waals surface area contributed by atoms with Crippen molar-refractivity contribution in [1.82, 2.24) is 5.32 Å². The predicted molar refractivity (Wildman–Crippen MR) is 161 cm³/mol. The van der Waals surface area contributed by atoms with Crippen LogP contribution in [0, 0.1) is 22.2 Å². The van der Waals surface area contributed by atoms with E-state index in [-0.39, 0.29) is 41.1 Å². The zero-order valence-electron chi connectivity index (χ0n) is 27.1. The molecule has 6 unspecified atom stereocenters. The van der Waals surface area contributed by atoms with Crippen LogP contribution in [-0.2, 0) is 14.3 Å². The molecule has 1 saturated heterocycles. The number of allylic oxidation sites excluding steroid dienone is 1. The summed E-state index contributed by atoms with van der Waals surface area (Å²) in [7, 11) is 0. The summed E-state index contributed by atoms with van der Waals surface area (Å²) in [6.07, 6.45) is 1.68. The molecule has 1 fully saturated rings. The number of hydrogen-bond acceptors (Lipinski definition) is 8. The van der Waals surface area contributed by atoms with Crippen LogP contribution in [0.15, 0.2) is 12.2 Å². The Labute approximate surface area is 248 Å². The summed E-state index contributed by atoms with van der Waals surface area (Å²) < 4.78 is 11.1. The highest BCUT2D eigenvalue weighted by Gasteiger charge is 2.44. The number of amides is 1. The third-order valence-electron chi connectivity index (χ3n) is 8.05. The van der Waals surface area contributed by atoms with Gasteiger partial charge in [-0.1, -0.05) is 80.9 Å². The molecular formula is C32H61NO8. The molecule has 9 heteroatoms. The largest absolute Gasteiger partial charge is 0.394 e. The van der Waals surface area contributed by atoms with Gasteiger partial charge in [-0.05, 0) is 54.3 Å². The van der Waals surface area contributed by atoms with Gasteiger partial charge in [0.2, 0.25) is 5.91 Å². The van der Waals surface area contributed by atoms with Crippen LogP contribution in [0.25, 0.3) is 0 Å². The van der Waals surface area contributed by atoms with Crippen molar-refractivity contribution in [2.24, 2.45) is 22.2 Å². The molecule has 0 aromatic carbocycles. The maximum absolute atomic E-state index is 13.1. The topological polar surface area (TPSA) is 149 Å². The second kappa shape index (κ2) is 16.7. The van der Waals surface area contributed by atoms with Crippen LogP contribution in [0.2, 0.25) is 0 Å². The van der Waals surface area contributed by atoms with Gasteiger partial charge in [-0.25, -0.2) is 0 Å². The molecule has 1 heterocycles. The number of carbonyl (C=O) groups is 1.